The number of esters is 1. The summed E-state index contributed by atoms with van der Waals surface area (Å²) >= 11 is 7.66. The molecule has 1 aliphatic heterocycles. The number of fused-ring (bicyclic) bond motifs is 1. The SMILES string of the molecule is O=C(OCc1nc2ccccc2s1)C1CC(=O)N(c2ccccc2Cl)C1. The van der Waals surface area contributed by atoms with Crippen LogP contribution in [0.15, 0.2) is 48.5 Å². The molecule has 1 atom stereocenters. The number of thiazole rings is 1. The first-order valence-electron chi connectivity index (χ1n) is 8.18. The lowest BCUT2D eigenvalue weighted by Crippen LogP contribution is -2.26. The Morgan fingerprint density at radius 1 is 1.23 bits per heavy atom. The molecular formula is C19H15ClN2O3S. The Morgan fingerprint density at radius 3 is 2.81 bits per heavy atom. The maximum Gasteiger partial charge on any atom is 0.311 e. The number of rotatable bonds is 4. The number of hydrogen-bond donors (Lipinski definition) is 0. The molecule has 1 aliphatic rings. The summed E-state index contributed by atoms with van der Waals surface area (Å²) in [6.07, 6.45) is 0.129. The zero-order chi connectivity index (χ0) is 18.1. The van der Waals surface area contributed by atoms with E-state index in [0.29, 0.717) is 10.7 Å². The normalized spacial score (nSPS) is 17.0. The molecule has 1 amide bonds. The lowest BCUT2D eigenvalue weighted by atomic mass is 10.1. The zero-order valence-corrected chi connectivity index (χ0v) is 15.3. The Labute approximate surface area is 159 Å². The summed E-state index contributed by atoms with van der Waals surface area (Å²) in [5.41, 5.74) is 1.52. The molecule has 26 heavy (non-hydrogen) atoms. The Kier molecular flexibility index (Phi) is 4.61. The second-order valence-corrected chi connectivity index (χ2v) is 7.56. The second-order valence-electron chi connectivity index (χ2n) is 6.04. The van der Waals surface area contributed by atoms with Gasteiger partial charge in [-0.05, 0) is 24.3 Å². The van der Waals surface area contributed by atoms with Gasteiger partial charge in [-0.25, -0.2) is 4.98 Å². The first-order valence-corrected chi connectivity index (χ1v) is 9.37. The van der Waals surface area contributed by atoms with Gasteiger partial charge in [0.25, 0.3) is 0 Å². The fraction of sp³-hybridized carbons (Fsp3) is 0.211. The van der Waals surface area contributed by atoms with Crippen molar-refractivity contribution in [1.29, 1.82) is 0 Å². The van der Waals surface area contributed by atoms with E-state index < -0.39 is 5.92 Å². The highest BCUT2D eigenvalue weighted by molar-refractivity contribution is 7.18. The maximum atomic E-state index is 12.4. The van der Waals surface area contributed by atoms with Crippen molar-refractivity contribution in [2.24, 2.45) is 5.92 Å². The fourth-order valence-corrected chi connectivity index (χ4v) is 4.12. The molecule has 132 valence electrons. The van der Waals surface area contributed by atoms with Crippen LogP contribution in [0.1, 0.15) is 11.4 Å². The van der Waals surface area contributed by atoms with Crippen molar-refractivity contribution >= 4 is 50.7 Å². The van der Waals surface area contributed by atoms with Gasteiger partial charge in [0.2, 0.25) is 5.91 Å². The smallest absolute Gasteiger partial charge is 0.311 e. The molecular weight excluding hydrogens is 372 g/mol. The van der Waals surface area contributed by atoms with E-state index in [4.69, 9.17) is 16.3 Å². The highest BCUT2D eigenvalue weighted by atomic mass is 35.5. The molecule has 2 heterocycles. The lowest BCUT2D eigenvalue weighted by molar-refractivity contribution is -0.149. The molecule has 7 heteroatoms. The Bertz CT molecular complexity index is 955. The molecule has 0 spiro atoms. The third-order valence-corrected chi connectivity index (χ3v) is 5.61. The van der Waals surface area contributed by atoms with E-state index in [-0.39, 0.29) is 31.4 Å². The topological polar surface area (TPSA) is 59.5 Å². The molecule has 4 rings (SSSR count). The van der Waals surface area contributed by atoms with Crippen molar-refractivity contribution in [3.8, 4) is 0 Å². The first-order chi connectivity index (χ1) is 12.6. The van der Waals surface area contributed by atoms with Crippen molar-refractivity contribution in [3.05, 3.63) is 58.6 Å². The van der Waals surface area contributed by atoms with Gasteiger partial charge in [-0.3, -0.25) is 9.59 Å². The minimum absolute atomic E-state index is 0.120. The third-order valence-electron chi connectivity index (χ3n) is 4.28. The van der Waals surface area contributed by atoms with Gasteiger partial charge in [-0.2, -0.15) is 0 Å². The minimum Gasteiger partial charge on any atom is -0.458 e. The van der Waals surface area contributed by atoms with Crippen LogP contribution in [-0.4, -0.2) is 23.4 Å². The molecule has 0 N–H and O–H groups in total. The average Bonchev–Trinajstić information content (AvgIpc) is 3.23. The standard InChI is InChI=1S/C19H15ClN2O3S/c20-13-5-1-3-7-15(13)22-10-12(9-18(22)23)19(24)25-11-17-21-14-6-2-4-8-16(14)26-17/h1-8,12H,9-11H2. The van der Waals surface area contributed by atoms with Gasteiger partial charge in [0.05, 0.1) is 26.8 Å². The maximum absolute atomic E-state index is 12.4. The monoisotopic (exact) mass is 386 g/mol. The van der Waals surface area contributed by atoms with Crippen molar-refractivity contribution in [3.63, 3.8) is 0 Å². The molecule has 5 nitrogen and oxygen atoms in total. The molecule has 1 unspecified atom stereocenters. The molecule has 1 saturated heterocycles. The van der Waals surface area contributed by atoms with Crippen LogP contribution in [0.2, 0.25) is 5.02 Å². The first kappa shape index (κ1) is 17.0. The van der Waals surface area contributed by atoms with Gasteiger partial charge in [-0.15, -0.1) is 11.3 Å². The number of ether oxygens (including phenoxy) is 1. The van der Waals surface area contributed by atoms with E-state index in [1.54, 1.807) is 23.1 Å². The fourth-order valence-electron chi connectivity index (χ4n) is 3.00. The summed E-state index contributed by atoms with van der Waals surface area (Å²) in [6.45, 7) is 0.399. The molecule has 0 aliphatic carbocycles. The number of nitrogens with zero attached hydrogens (tertiary/aromatic N) is 2. The minimum atomic E-state index is -0.492. The summed E-state index contributed by atoms with van der Waals surface area (Å²) < 4.78 is 6.46. The van der Waals surface area contributed by atoms with Crippen molar-refractivity contribution < 1.29 is 14.3 Å². The zero-order valence-electron chi connectivity index (χ0n) is 13.7. The third kappa shape index (κ3) is 3.30. The number of para-hydroxylation sites is 2. The number of anilines is 1. The number of hydrogen-bond acceptors (Lipinski definition) is 5. The van der Waals surface area contributed by atoms with Crippen LogP contribution in [0.4, 0.5) is 5.69 Å². The molecule has 0 radical (unpaired) electrons. The molecule has 0 saturated carbocycles. The Morgan fingerprint density at radius 2 is 2.00 bits per heavy atom. The van der Waals surface area contributed by atoms with Gasteiger partial charge in [0.1, 0.15) is 11.6 Å². The van der Waals surface area contributed by atoms with Crippen LogP contribution in [0, 0.1) is 5.92 Å². The number of benzene rings is 2. The molecule has 2 aromatic carbocycles. The molecule has 3 aromatic rings. The summed E-state index contributed by atoms with van der Waals surface area (Å²) in [5, 5.41) is 1.23. The van der Waals surface area contributed by atoms with E-state index in [9.17, 15) is 9.59 Å². The van der Waals surface area contributed by atoms with Gasteiger partial charge >= 0.3 is 5.97 Å². The molecule has 0 bridgehead atoms. The summed E-state index contributed by atoms with van der Waals surface area (Å²) in [5.74, 6) is -1.000. The van der Waals surface area contributed by atoms with Crippen LogP contribution in [0.3, 0.4) is 0 Å². The van der Waals surface area contributed by atoms with Crippen LogP contribution in [-0.2, 0) is 20.9 Å². The second kappa shape index (κ2) is 7.05. The van der Waals surface area contributed by atoms with E-state index in [1.165, 1.54) is 11.3 Å². The predicted octanol–water partition coefficient (Wildman–Crippen LogP) is 4.05. The van der Waals surface area contributed by atoms with Gasteiger partial charge < -0.3 is 9.64 Å². The largest absolute Gasteiger partial charge is 0.458 e. The van der Waals surface area contributed by atoms with Crippen molar-refractivity contribution in [1.82, 2.24) is 4.98 Å². The number of halogens is 1. The van der Waals surface area contributed by atoms with Crippen LogP contribution < -0.4 is 4.90 Å². The van der Waals surface area contributed by atoms with Gasteiger partial charge in [0.15, 0.2) is 0 Å². The van der Waals surface area contributed by atoms with E-state index in [2.05, 4.69) is 4.98 Å². The predicted molar refractivity (Wildman–Crippen MR) is 101 cm³/mol. The lowest BCUT2D eigenvalue weighted by Gasteiger charge is -2.17. The quantitative estimate of drug-likeness (QED) is 0.635. The van der Waals surface area contributed by atoms with Crippen molar-refractivity contribution in [2.45, 2.75) is 13.0 Å². The summed E-state index contributed by atoms with van der Waals surface area (Å²) in [6, 6.07) is 14.9. The Hall–Kier alpha value is -2.44. The average molecular weight is 387 g/mol. The van der Waals surface area contributed by atoms with Crippen LogP contribution >= 0.6 is 22.9 Å². The molecule has 1 fully saturated rings. The van der Waals surface area contributed by atoms with Gasteiger partial charge in [-0.1, -0.05) is 35.9 Å². The summed E-state index contributed by atoms with van der Waals surface area (Å²) in [7, 11) is 0. The van der Waals surface area contributed by atoms with Crippen molar-refractivity contribution in [2.75, 3.05) is 11.4 Å². The number of carbonyl (C=O) groups is 2. The van der Waals surface area contributed by atoms with E-state index in [1.807, 2.05) is 30.3 Å². The van der Waals surface area contributed by atoms with E-state index >= 15 is 0 Å². The highest BCUT2D eigenvalue weighted by Gasteiger charge is 2.36. The van der Waals surface area contributed by atoms with Gasteiger partial charge in [0, 0.05) is 13.0 Å². The van der Waals surface area contributed by atoms with E-state index in [0.717, 1.165) is 15.2 Å². The number of aromatic nitrogens is 1. The number of amides is 1. The summed E-state index contributed by atoms with van der Waals surface area (Å²) in [4.78, 5) is 30.7. The van der Waals surface area contributed by atoms with Crippen LogP contribution in [0.25, 0.3) is 10.2 Å². The highest BCUT2D eigenvalue weighted by Crippen LogP contribution is 2.31. The Balaban J connectivity index is 1.41. The number of carbonyl (C=O) groups excluding carboxylic acids is 2. The molecule has 1 aromatic heterocycles. The van der Waals surface area contributed by atoms with Crippen LogP contribution in [0.5, 0.6) is 0 Å².